The number of halogens is 3. The molecule has 1 N–H and O–H groups in total. The number of hydrogen-bond acceptors (Lipinski definition) is 4. The molecule has 1 saturated heterocycles. The number of rotatable bonds is 3. The van der Waals surface area contributed by atoms with Crippen molar-refractivity contribution in [2.75, 3.05) is 19.9 Å². The van der Waals surface area contributed by atoms with E-state index in [4.69, 9.17) is 9.47 Å². The van der Waals surface area contributed by atoms with E-state index in [1.54, 1.807) is 29.2 Å². The Morgan fingerprint density at radius 1 is 1.15 bits per heavy atom. The van der Waals surface area contributed by atoms with Gasteiger partial charge in [-0.3, -0.25) is 9.59 Å². The lowest BCUT2D eigenvalue weighted by Gasteiger charge is -2.31. The average Bonchev–Trinajstić information content (AvgIpc) is 3.07. The van der Waals surface area contributed by atoms with Gasteiger partial charge in [-0.2, -0.15) is 13.2 Å². The molecular weight excluding hydrogens is 353 g/mol. The number of ether oxygens (including phenoxy) is 2. The van der Waals surface area contributed by atoms with Gasteiger partial charge in [0.15, 0.2) is 11.5 Å². The van der Waals surface area contributed by atoms with Gasteiger partial charge in [0.05, 0.1) is 0 Å². The van der Waals surface area contributed by atoms with E-state index in [2.05, 4.69) is 0 Å². The van der Waals surface area contributed by atoms with Crippen LogP contribution in [0.2, 0.25) is 0 Å². The summed E-state index contributed by atoms with van der Waals surface area (Å²) in [5.74, 6) is -0.912. The molecule has 3 rings (SSSR count). The predicted molar refractivity (Wildman–Crippen MR) is 85.4 cm³/mol. The van der Waals surface area contributed by atoms with Gasteiger partial charge < -0.3 is 19.7 Å². The lowest BCUT2D eigenvalue weighted by Crippen LogP contribution is -2.49. The maximum Gasteiger partial charge on any atom is 0.471 e. The number of piperidine rings is 1. The van der Waals surface area contributed by atoms with E-state index in [1.165, 1.54) is 6.08 Å². The van der Waals surface area contributed by atoms with Gasteiger partial charge in [0.25, 0.3) is 0 Å². The molecule has 0 unspecified atom stereocenters. The molecule has 9 heteroatoms. The first-order valence-corrected chi connectivity index (χ1v) is 8.07. The van der Waals surface area contributed by atoms with E-state index in [9.17, 15) is 22.8 Å². The lowest BCUT2D eigenvalue weighted by molar-refractivity contribution is -0.174. The highest BCUT2D eigenvalue weighted by atomic mass is 19.4. The fourth-order valence-corrected chi connectivity index (χ4v) is 2.80. The molecule has 6 nitrogen and oxygen atoms in total. The van der Waals surface area contributed by atoms with Gasteiger partial charge in [-0.1, -0.05) is 6.07 Å². The van der Waals surface area contributed by atoms with Crippen LogP contribution in [0, 0.1) is 0 Å². The van der Waals surface area contributed by atoms with Crippen LogP contribution >= 0.6 is 0 Å². The zero-order valence-corrected chi connectivity index (χ0v) is 13.7. The first-order chi connectivity index (χ1) is 12.3. The molecule has 1 fully saturated rings. The van der Waals surface area contributed by atoms with Crippen LogP contribution in [0.1, 0.15) is 18.4 Å². The normalized spacial score (nSPS) is 17.6. The first kappa shape index (κ1) is 18.1. The van der Waals surface area contributed by atoms with E-state index < -0.39 is 18.1 Å². The Hall–Kier alpha value is -2.71. The second-order valence-corrected chi connectivity index (χ2v) is 6.02. The van der Waals surface area contributed by atoms with Gasteiger partial charge in [-0.25, -0.2) is 0 Å². The van der Waals surface area contributed by atoms with Crippen LogP contribution in [-0.2, 0) is 9.59 Å². The highest BCUT2D eigenvalue weighted by Gasteiger charge is 2.40. The van der Waals surface area contributed by atoms with Gasteiger partial charge in [0.1, 0.15) is 0 Å². The standard InChI is InChI=1S/C17H17F3N2O4/c18-17(19,20)16(24)21-12-5-7-22(8-6-12)15(23)4-2-11-1-3-13-14(9-11)26-10-25-13/h1-4,9,12H,5-8,10H2,(H,21,24)/b4-2+. The molecule has 2 aliphatic heterocycles. The minimum atomic E-state index is -4.89. The summed E-state index contributed by atoms with van der Waals surface area (Å²) in [5.41, 5.74) is 0.773. The molecule has 0 aliphatic carbocycles. The number of nitrogens with one attached hydrogen (secondary N) is 1. The lowest BCUT2D eigenvalue weighted by atomic mass is 10.0. The van der Waals surface area contributed by atoms with Crippen molar-refractivity contribution >= 4 is 17.9 Å². The molecule has 2 amide bonds. The van der Waals surface area contributed by atoms with Crippen LogP contribution in [0.15, 0.2) is 24.3 Å². The minimum Gasteiger partial charge on any atom is -0.454 e. The summed E-state index contributed by atoms with van der Waals surface area (Å²) in [6, 6.07) is 4.72. The fourth-order valence-electron chi connectivity index (χ4n) is 2.80. The maximum atomic E-state index is 12.3. The number of carbonyl (C=O) groups is 2. The highest BCUT2D eigenvalue weighted by molar-refractivity contribution is 5.92. The van der Waals surface area contributed by atoms with Crippen molar-refractivity contribution in [3.63, 3.8) is 0 Å². The van der Waals surface area contributed by atoms with Crippen LogP contribution in [0.5, 0.6) is 11.5 Å². The Bertz CT molecular complexity index is 725. The largest absolute Gasteiger partial charge is 0.471 e. The summed E-state index contributed by atoms with van der Waals surface area (Å²) in [5, 5.41) is 1.95. The topological polar surface area (TPSA) is 67.9 Å². The van der Waals surface area contributed by atoms with Crippen LogP contribution in [0.4, 0.5) is 13.2 Å². The predicted octanol–water partition coefficient (Wildman–Crippen LogP) is 2.10. The zero-order chi connectivity index (χ0) is 18.7. The summed E-state index contributed by atoms with van der Waals surface area (Å²) in [6.45, 7) is 0.738. The summed E-state index contributed by atoms with van der Waals surface area (Å²) in [7, 11) is 0. The molecule has 1 aromatic rings. The average molecular weight is 370 g/mol. The van der Waals surface area contributed by atoms with Gasteiger partial charge in [0.2, 0.25) is 12.7 Å². The van der Waals surface area contributed by atoms with Crippen molar-refractivity contribution < 1.29 is 32.2 Å². The minimum absolute atomic E-state index is 0.168. The number of likely N-dealkylation sites (tertiary alicyclic amines) is 1. The quantitative estimate of drug-likeness (QED) is 0.828. The molecule has 140 valence electrons. The van der Waals surface area contributed by atoms with Crippen molar-refractivity contribution in [1.29, 1.82) is 0 Å². The van der Waals surface area contributed by atoms with Crippen LogP contribution in [-0.4, -0.2) is 48.8 Å². The smallest absolute Gasteiger partial charge is 0.454 e. The Labute approximate surface area is 147 Å². The molecule has 2 heterocycles. The molecule has 0 atom stereocenters. The molecule has 0 bridgehead atoms. The second kappa shape index (κ2) is 7.27. The van der Waals surface area contributed by atoms with E-state index in [-0.39, 0.29) is 38.6 Å². The number of nitrogens with zero attached hydrogens (tertiary/aromatic N) is 1. The molecular formula is C17H17F3N2O4. The molecule has 0 spiro atoms. The maximum absolute atomic E-state index is 12.3. The van der Waals surface area contributed by atoms with Crippen LogP contribution in [0.3, 0.4) is 0 Å². The van der Waals surface area contributed by atoms with Crippen molar-refractivity contribution in [1.82, 2.24) is 10.2 Å². The summed E-state index contributed by atoms with van der Waals surface area (Å²) in [4.78, 5) is 24.7. The third kappa shape index (κ3) is 4.27. The third-order valence-electron chi connectivity index (χ3n) is 4.21. The van der Waals surface area contributed by atoms with E-state index >= 15 is 0 Å². The molecule has 0 saturated carbocycles. The molecule has 0 aromatic heterocycles. The first-order valence-electron chi connectivity index (χ1n) is 8.07. The number of benzene rings is 1. The van der Waals surface area contributed by atoms with Crippen molar-refractivity contribution in [3.05, 3.63) is 29.8 Å². The van der Waals surface area contributed by atoms with Gasteiger partial charge in [-0.15, -0.1) is 0 Å². The Kier molecular flexibility index (Phi) is 5.06. The summed E-state index contributed by atoms with van der Waals surface area (Å²) >= 11 is 0. The summed E-state index contributed by atoms with van der Waals surface area (Å²) < 4.78 is 47.2. The van der Waals surface area contributed by atoms with E-state index in [0.717, 1.165) is 5.56 Å². The van der Waals surface area contributed by atoms with Crippen molar-refractivity contribution in [3.8, 4) is 11.5 Å². The van der Waals surface area contributed by atoms with Crippen molar-refractivity contribution in [2.45, 2.75) is 25.1 Å². The van der Waals surface area contributed by atoms with E-state index in [0.29, 0.717) is 11.5 Å². The zero-order valence-electron chi connectivity index (χ0n) is 13.7. The van der Waals surface area contributed by atoms with Gasteiger partial charge in [0, 0.05) is 25.2 Å². The summed E-state index contributed by atoms with van der Waals surface area (Å²) in [6.07, 6.45) is -1.27. The number of alkyl halides is 3. The SMILES string of the molecule is O=C(/C=C/c1ccc2c(c1)OCO2)N1CCC(NC(=O)C(F)(F)F)CC1. The van der Waals surface area contributed by atoms with Gasteiger partial charge >= 0.3 is 12.1 Å². The molecule has 1 aromatic carbocycles. The Morgan fingerprint density at radius 3 is 2.54 bits per heavy atom. The monoisotopic (exact) mass is 370 g/mol. The van der Waals surface area contributed by atoms with Crippen molar-refractivity contribution in [2.24, 2.45) is 0 Å². The highest BCUT2D eigenvalue weighted by Crippen LogP contribution is 2.32. The number of amides is 2. The van der Waals surface area contributed by atoms with Crippen LogP contribution in [0.25, 0.3) is 6.08 Å². The fraction of sp³-hybridized carbons (Fsp3) is 0.412. The third-order valence-corrected chi connectivity index (χ3v) is 4.21. The number of hydrogen-bond donors (Lipinski definition) is 1. The van der Waals surface area contributed by atoms with E-state index in [1.807, 2.05) is 5.32 Å². The number of fused-ring (bicyclic) bond motifs is 1. The number of carbonyl (C=O) groups excluding carboxylic acids is 2. The molecule has 0 radical (unpaired) electrons. The van der Waals surface area contributed by atoms with Crippen LogP contribution < -0.4 is 14.8 Å². The van der Waals surface area contributed by atoms with Gasteiger partial charge in [-0.05, 0) is 36.6 Å². The Morgan fingerprint density at radius 2 is 1.85 bits per heavy atom. The molecule has 2 aliphatic rings. The molecule has 26 heavy (non-hydrogen) atoms. The second-order valence-electron chi connectivity index (χ2n) is 6.02. The Balaban J connectivity index is 1.50.